The molecule has 30 heavy (non-hydrogen) atoms. The molecule has 5 rings (SSSR count). The van der Waals surface area contributed by atoms with Crippen LogP contribution in [0.1, 0.15) is 10.4 Å². The molecule has 8 heteroatoms. The molecule has 7 nitrogen and oxygen atoms in total. The molecule has 0 fully saturated rings. The normalized spacial score (nSPS) is 11.3. The molecule has 0 spiro atoms. The minimum Gasteiger partial charge on any atom is -0.457 e. The molecule has 0 aliphatic rings. The Hall–Kier alpha value is -3.49. The van der Waals surface area contributed by atoms with Gasteiger partial charge >= 0.3 is 0 Å². The number of nitrogens with zero attached hydrogens (tertiary/aromatic N) is 4. The number of aryl methyl sites for hydroxylation is 1. The van der Waals surface area contributed by atoms with E-state index in [1.54, 1.807) is 31.0 Å². The summed E-state index contributed by atoms with van der Waals surface area (Å²) in [5.74, 6) is 2.32. The van der Waals surface area contributed by atoms with Crippen molar-refractivity contribution >= 4 is 38.7 Å². The van der Waals surface area contributed by atoms with Gasteiger partial charge in [-0.15, -0.1) is 11.3 Å². The predicted octanol–water partition coefficient (Wildman–Crippen LogP) is 5.33. The van der Waals surface area contributed by atoms with Crippen molar-refractivity contribution in [2.45, 2.75) is 13.5 Å². The fraction of sp³-hybridized carbons (Fsp3) is 0.136. The van der Waals surface area contributed by atoms with Crippen molar-refractivity contribution in [2.75, 3.05) is 12.4 Å². The van der Waals surface area contributed by atoms with E-state index in [2.05, 4.69) is 26.3 Å². The Morgan fingerprint density at radius 1 is 1.07 bits per heavy atom. The molecule has 0 atom stereocenters. The number of hydrogen-bond acceptors (Lipinski definition) is 7. The smallest absolute Gasteiger partial charge is 0.142 e. The summed E-state index contributed by atoms with van der Waals surface area (Å²) in [6.45, 7) is 2.58. The van der Waals surface area contributed by atoms with Gasteiger partial charge in [-0.25, -0.2) is 15.0 Å². The molecule has 5 aromatic rings. The second kappa shape index (κ2) is 7.74. The summed E-state index contributed by atoms with van der Waals surface area (Å²) < 4.78 is 13.3. The first-order chi connectivity index (χ1) is 14.7. The number of aromatic nitrogens is 4. The highest BCUT2D eigenvalue weighted by Crippen LogP contribution is 2.32. The average molecular weight is 417 g/mol. The highest BCUT2D eigenvalue weighted by molar-refractivity contribution is 7.18. The van der Waals surface area contributed by atoms with E-state index in [1.165, 1.54) is 0 Å². The van der Waals surface area contributed by atoms with Crippen molar-refractivity contribution in [3.8, 4) is 11.5 Å². The van der Waals surface area contributed by atoms with Crippen molar-refractivity contribution in [1.82, 2.24) is 19.4 Å². The Balaban J connectivity index is 1.39. The Morgan fingerprint density at radius 2 is 2.00 bits per heavy atom. The van der Waals surface area contributed by atoms with Gasteiger partial charge in [0.25, 0.3) is 0 Å². The highest BCUT2D eigenvalue weighted by Gasteiger charge is 2.10. The molecule has 4 aromatic heterocycles. The number of fused-ring (bicyclic) bond motifs is 2. The summed E-state index contributed by atoms with van der Waals surface area (Å²) in [4.78, 5) is 15.1. The molecular weight excluding hydrogens is 398 g/mol. The van der Waals surface area contributed by atoms with Gasteiger partial charge in [0.15, 0.2) is 0 Å². The molecule has 150 valence electrons. The van der Waals surface area contributed by atoms with Crippen LogP contribution >= 0.6 is 11.3 Å². The van der Waals surface area contributed by atoms with E-state index in [0.717, 1.165) is 49.3 Å². The maximum atomic E-state index is 6.07. The second-order valence-electron chi connectivity index (χ2n) is 6.85. The zero-order chi connectivity index (χ0) is 20.5. The third kappa shape index (κ3) is 3.58. The number of imidazole rings is 1. The number of hydrogen-bond donors (Lipinski definition) is 1. The summed E-state index contributed by atoms with van der Waals surface area (Å²) in [6, 6.07) is 11.9. The van der Waals surface area contributed by atoms with Gasteiger partial charge in [-0.05, 0) is 42.8 Å². The van der Waals surface area contributed by atoms with E-state index < -0.39 is 0 Å². The third-order valence-electron chi connectivity index (χ3n) is 4.70. The van der Waals surface area contributed by atoms with Crippen LogP contribution in [0.15, 0.2) is 61.3 Å². The zero-order valence-electron chi connectivity index (χ0n) is 16.5. The summed E-state index contributed by atoms with van der Waals surface area (Å²) in [6.07, 6.45) is 7.18. The van der Waals surface area contributed by atoms with Crippen LogP contribution < -0.4 is 10.1 Å². The molecule has 0 saturated carbocycles. The van der Waals surface area contributed by atoms with Gasteiger partial charge < -0.3 is 19.2 Å². The summed E-state index contributed by atoms with van der Waals surface area (Å²) in [7, 11) is 1.69. The monoisotopic (exact) mass is 417 g/mol. The van der Waals surface area contributed by atoms with Gasteiger partial charge in [-0.2, -0.15) is 0 Å². The van der Waals surface area contributed by atoms with E-state index in [0.29, 0.717) is 6.61 Å². The maximum Gasteiger partial charge on any atom is 0.142 e. The molecule has 0 aliphatic heterocycles. The molecule has 0 bridgehead atoms. The first-order valence-electron chi connectivity index (χ1n) is 9.40. The highest BCUT2D eigenvalue weighted by atomic mass is 32.1. The van der Waals surface area contributed by atoms with Crippen LogP contribution in [0.3, 0.4) is 0 Å². The van der Waals surface area contributed by atoms with E-state index in [1.807, 2.05) is 54.0 Å². The topological polar surface area (TPSA) is 73.6 Å². The first kappa shape index (κ1) is 18.5. The number of benzene rings is 1. The van der Waals surface area contributed by atoms with Gasteiger partial charge in [-0.3, -0.25) is 0 Å². The number of ether oxygens (including phenoxy) is 2. The molecule has 4 heterocycles. The number of anilines is 2. The van der Waals surface area contributed by atoms with Gasteiger partial charge in [0, 0.05) is 42.3 Å². The van der Waals surface area contributed by atoms with Crippen molar-refractivity contribution in [3.63, 3.8) is 0 Å². The number of pyridine rings is 1. The van der Waals surface area contributed by atoms with Crippen LogP contribution in [0.5, 0.6) is 11.5 Å². The number of thiophene rings is 1. The second-order valence-corrected chi connectivity index (χ2v) is 7.96. The summed E-state index contributed by atoms with van der Waals surface area (Å²) >= 11 is 1.61. The van der Waals surface area contributed by atoms with Crippen LogP contribution in [-0.4, -0.2) is 26.5 Å². The van der Waals surface area contributed by atoms with Crippen molar-refractivity contribution < 1.29 is 9.47 Å². The minimum atomic E-state index is 0.566. The molecule has 1 aromatic carbocycles. The lowest BCUT2D eigenvalue weighted by Gasteiger charge is -2.12. The quantitative estimate of drug-likeness (QED) is 0.403. The van der Waals surface area contributed by atoms with E-state index >= 15 is 0 Å². The maximum absolute atomic E-state index is 6.07. The summed E-state index contributed by atoms with van der Waals surface area (Å²) in [5, 5.41) is 4.39. The Bertz CT molecular complexity index is 1340. The van der Waals surface area contributed by atoms with Gasteiger partial charge in [0.1, 0.15) is 34.1 Å². The fourth-order valence-corrected chi connectivity index (χ4v) is 4.25. The molecule has 0 aliphatic carbocycles. The largest absolute Gasteiger partial charge is 0.457 e. The number of nitrogens with one attached hydrogen (secondary N) is 1. The van der Waals surface area contributed by atoms with Crippen LogP contribution in [-0.2, 0) is 11.3 Å². The lowest BCUT2D eigenvalue weighted by atomic mass is 10.2. The third-order valence-corrected chi connectivity index (χ3v) is 5.72. The van der Waals surface area contributed by atoms with Gasteiger partial charge in [-0.1, -0.05) is 0 Å². The van der Waals surface area contributed by atoms with Crippen LogP contribution in [0.25, 0.3) is 15.9 Å². The van der Waals surface area contributed by atoms with Crippen molar-refractivity contribution in [2.24, 2.45) is 0 Å². The minimum absolute atomic E-state index is 0.566. The molecule has 0 radical (unpaired) electrons. The van der Waals surface area contributed by atoms with E-state index in [4.69, 9.17) is 9.47 Å². The molecular formula is C22H19N5O2S. The summed E-state index contributed by atoms with van der Waals surface area (Å²) in [5.41, 5.74) is 2.79. The Labute approximate surface area is 177 Å². The molecule has 1 N–H and O–H groups in total. The average Bonchev–Trinajstić information content (AvgIpc) is 3.37. The van der Waals surface area contributed by atoms with E-state index in [-0.39, 0.29) is 0 Å². The Morgan fingerprint density at radius 3 is 2.87 bits per heavy atom. The van der Waals surface area contributed by atoms with Crippen molar-refractivity contribution in [1.29, 1.82) is 0 Å². The fourth-order valence-electron chi connectivity index (χ4n) is 3.28. The van der Waals surface area contributed by atoms with Crippen LogP contribution in [0.4, 0.5) is 11.5 Å². The van der Waals surface area contributed by atoms with Crippen LogP contribution in [0, 0.1) is 6.92 Å². The van der Waals surface area contributed by atoms with Gasteiger partial charge in [0.2, 0.25) is 0 Å². The Kier molecular flexibility index (Phi) is 4.78. The first-order valence-corrected chi connectivity index (χ1v) is 10.2. The molecule has 0 amide bonds. The lowest BCUT2D eigenvalue weighted by Crippen LogP contribution is -1.96. The lowest BCUT2D eigenvalue weighted by molar-refractivity contribution is 0.187. The standard InChI is InChI=1S/C22H19N5O2S/c1-14-9-15(26-21-18-11-17(12-28-2)30-22(18)25-13-24-21)3-4-19(14)29-16-5-7-27-8-6-23-20(27)10-16/h3-11,13H,12H2,1-2H3,(H,24,25,26). The SMILES string of the molecule is COCc1cc2c(Nc3ccc(Oc4ccn5ccnc5c4)c(C)c3)ncnc2s1. The number of rotatable bonds is 6. The van der Waals surface area contributed by atoms with Crippen LogP contribution in [0.2, 0.25) is 0 Å². The molecule has 0 unspecified atom stereocenters. The van der Waals surface area contributed by atoms with Crippen molar-refractivity contribution in [3.05, 3.63) is 71.8 Å². The number of methoxy groups -OCH3 is 1. The zero-order valence-corrected chi connectivity index (χ0v) is 17.3. The van der Waals surface area contributed by atoms with E-state index in [9.17, 15) is 0 Å². The molecule has 0 saturated heterocycles. The predicted molar refractivity (Wildman–Crippen MR) is 118 cm³/mol. The van der Waals surface area contributed by atoms with Gasteiger partial charge in [0.05, 0.1) is 12.0 Å².